The van der Waals surface area contributed by atoms with E-state index in [2.05, 4.69) is 20.5 Å². The van der Waals surface area contributed by atoms with Crippen LogP contribution in [0.5, 0.6) is 5.75 Å². The Morgan fingerprint density at radius 1 is 1.21 bits per heavy atom. The van der Waals surface area contributed by atoms with E-state index < -0.39 is 0 Å². The lowest BCUT2D eigenvalue weighted by atomic mass is 9.93. The number of benzene rings is 2. The van der Waals surface area contributed by atoms with Gasteiger partial charge in [-0.1, -0.05) is 18.2 Å². The fourth-order valence-corrected chi connectivity index (χ4v) is 3.29. The Hall–Kier alpha value is -3.71. The quantitative estimate of drug-likeness (QED) is 0.481. The molecule has 0 aliphatic heterocycles. The zero-order valence-electron chi connectivity index (χ0n) is 16.1. The minimum atomic E-state index is -0.223. The van der Waals surface area contributed by atoms with Crippen molar-refractivity contribution in [1.82, 2.24) is 15.2 Å². The van der Waals surface area contributed by atoms with Crippen LogP contribution >= 0.6 is 0 Å². The van der Waals surface area contributed by atoms with Gasteiger partial charge in [-0.05, 0) is 53.9 Å². The molecule has 0 spiro atoms. The summed E-state index contributed by atoms with van der Waals surface area (Å²) < 4.78 is 5.34. The van der Waals surface area contributed by atoms with E-state index in [9.17, 15) is 4.79 Å². The minimum absolute atomic E-state index is 0.181. The van der Waals surface area contributed by atoms with Crippen LogP contribution in [-0.4, -0.2) is 28.2 Å². The number of methoxy groups -OCH3 is 1. The molecule has 2 aromatic carbocycles. The lowest BCUT2D eigenvalue weighted by Crippen LogP contribution is -2.14. The molecule has 2 aromatic heterocycles. The molecule has 1 unspecified atom stereocenters. The number of carbonyl (C=O) groups excluding carboxylic acids is 1. The Kier molecular flexibility index (Phi) is 4.97. The summed E-state index contributed by atoms with van der Waals surface area (Å²) >= 11 is 0. The van der Waals surface area contributed by atoms with Crippen LogP contribution in [-0.2, 0) is 0 Å². The normalized spacial score (nSPS) is 12.0. The van der Waals surface area contributed by atoms with E-state index in [1.165, 1.54) is 0 Å². The first kappa shape index (κ1) is 18.6. The first-order valence-corrected chi connectivity index (χ1v) is 9.20. The average Bonchev–Trinajstić information content (AvgIpc) is 3.23. The molecular weight excluding hydrogens is 366 g/mol. The number of hydrogen-bond acceptors (Lipinski definition) is 5. The van der Waals surface area contributed by atoms with Gasteiger partial charge in [-0.25, -0.2) is 4.98 Å². The maximum absolute atomic E-state index is 12.9. The number of nitrogens with one attached hydrogen (secondary N) is 2. The Balaban J connectivity index is 1.72. The van der Waals surface area contributed by atoms with Crippen LogP contribution in [0.2, 0.25) is 0 Å². The highest BCUT2D eigenvalue weighted by Gasteiger charge is 2.15. The minimum Gasteiger partial charge on any atom is -0.497 e. The third kappa shape index (κ3) is 3.68. The van der Waals surface area contributed by atoms with Gasteiger partial charge in [0.1, 0.15) is 5.75 Å². The molecule has 29 heavy (non-hydrogen) atoms. The molecule has 0 fully saturated rings. The smallest absolute Gasteiger partial charge is 0.255 e. The second-order valence-electron chi connectivity index (χ2n) is 6.77. The predicted octanol–water partition coefficient (Wildman–Crippen LogP) is 3.91. The third-order valence-corrected chi connectivity index (χ3v) is 4.79. The van der Waals surface area contributed by atoms with E-state index in [1.807, 2.05) is 43.3 Å². The molecule has 0 saturated carbocycles. The zero-order chi connectivity index (χ0) is 20.4. The monoisotopic (exact) mass is 387 g/mol. The number of nitrogens with zero attached hydrogens (tertiary/aromatic N) is 2. The number of carbonyl (C=O) groups is 1. The number of rotatable bonds is 5. The average molecular weight is 387 g/mol. The summed E-state index contributed by atoms with van der Waals surface area (Å²) in [5.41, 5.74) is 10.8. The Labute approximate surface area is 167 Å². The molecule has 4 rings (SSSR count). The van der Waals surface area contributed by atoms with Crippen LogP contribution < -0.4 is 15.8 Å². The van der Waals surface area contributed by atoms with Crippen LogP contribution in [0, 0.1) is 0 Å². The lowest BCUT2D eigenvalue weighted by molar-refractivity contribution is 0.102. The van der Waals surface area contributed by atoms with Gasteiger partial charge in [0, 0.05) is 17.8 Å². The fraction of sp³-hybridized carbons (Fsp3) is 0.136. The summed E-state index contributed by atoms with van der Waals surface area (Å²) in [7, 11) is 1.63. The number of aromatic amines is 1. The molecular formula is C22H21N5O2. The van der Waals surface area contributed by atoms with Gasteiger partial charge in [-0.2, -0.15) is 5.10 Å². The SMILES string of the molecule is COc1cccc(-c2cc(C(=O)Nc3ccnc4[nH]ncc34)ccc2C(C)N)c1. The van der Waals surface area contributed by atoms with Crippen molar-refractivity contribution in [2.24, 2.45) is 5.73 Å². The first-order valence-electron chi connectivity index (χ1n) is 9.20. The van der Waals surface area contributed by atoms with Gasteiger partial charge in [0.25, 0.3) is 5.91 Å². The summed E-state index contributed by atoms with van der Waals surface area (Å²) in [6.45, 7) is 1.92. The second kappa shape index (κ2) is 7.73. The number of amides is 1. The molecule has 0 radical (unpaired) electrons. The number of pyridine rings is 1. The van der Waals surface area contributed by atoms with E-state index in [4.69, 9.17) is 10.5 Å². The van der Waals surface area contributed by atoms with E-state index in [1.54, 1.807) is 31.6 Å². The van der Waals surface area contributed by atoms with Gasteiger partial charge in [-0.15, -0.1) is 0 Å². The van der Waals surface area contributed by atoms with Crippen molar-refractivity contribution >= 4 is 22.6 Å². The van der Waals surface area contributed by atoms with Crippen molar-refractivity contribution in [2.75, 3.05) is 12.4 Å². The number of H-pyrrole nitrogens is 1. The maximum atomic E-state index is 12.9. The van der Waals surface area contributed by atoms with Gasteiger partial charge in [0.2, 0.25) is 0 Å². The highest BCUT2D eigenvalue weighted by molar-refractivity contribution is 6.08. The van der Waals surface area contributed by atoms with E-state index >= 15 is 0 Å². The van der Waals surface area contributed by atoms with Gasteiger partial charge in [0.05, 0.1) is 24.4 Å². The van der Waals surface area contributed by atoms with Gasteiger partial charge in [0.15, 0.2) is 5.65 Å². The molecule has 2 heterocycles. The molecule has 1 atom stereocenters. The lowest BCUT2D eigenvalue weighted by Gasteiger charge is -2.16. The number of ether oxygens (including phenoxy) is 1. The summed E-state index contributed by atoms with van der Waals surface area (Å²) in [5.74, 6) is 0.520. The summed E-state index contributed by atoms with van der Waals surface area (Å²) in [6, 6.07) is 14.8. The molecule has 7 heteroatoms. The van der Waals surface area contributed by atoms with Crippen molar-refractivity contribution in [1.29, 1.82) is 0 Å². The zero-order valence-corrected chi connectivity index (χ0v) is 16.1. The molecule has 7 nitrogen and oxygen atoms in total. The molecule has 1 amide bonds. The summed E-state index contributed by atoms with van der Waals surface area (Å²) in [4.78, 5) is 17.1. The van der Waals surface area contributed by atoms with Crippen LogP contribution in [0.1, 0.15) is 28.9 Å². The van der Waals surface area contributed by atoms with Gasteiger partial charge in [-0.3, -0.25) is 9.89 Å². The Bertz CT molecular complexity index is 1180. The predicted molar refractivity (Wildman–Crippen MR) is 113 cm³/mol. The molecule has 4 aromatic rings. The molecule has 0 aliphatic carbocycles. The number of aromatic nitrogens is 3. The number of nitrogens with two attached hydrogens (primary N) is 1. The first-order chi connectivity index (χ1) is 14.1. The van der Waals surface area contributed by atoms with Crippen molar-refractivity contribution in [3.63, 3.8) is 0 Å². The highest BCUT2D eigenvalue weighted by Crippen LogP contribution is 2.31. The van der Waals surface area contributed by atoms with Crippen molar-refractivity contribution < 1.29 is 9.53 Å². The van der Waals surface area contributed by atoms with Gasteiger partial charge >= 0.3 is 0 Å². The topological polar surface area (TPSA) is 106 Å². The second-order valence-corrected chi connectivity index (χ2v) is 6.77. The maximum Gasteiger partial charge on any atom is 0.255 e. The molecule has 146 valence electrons. The summed E-state index contributed by atoms with van der Waals surface area (Å²) in [6.07, 6.45) is 3.26. The molecule has 4 N–H and O–H groups in total. The van der Waals surface area contributed by atoms with Crippen LogP contribution in [0.3, 0.4) is 0 Å². The van der Waals surface area contributed by atoms with Crippen LogP contribution in [0.4, 0.5) is 5.69 Å². The Morgan fingerprint density at radius 2 is 2.07 bits per heavy atom. The number of hydrogen-bond donors (Lipinski definition) is 3. The largest absolute Gasteiger partial charge is 0.497 e. The van der Waals surface area contributed by atoms with Crippen LogP contribution in [0.15, 0.2) is 60.9 Å². The fourth-order valence-electron chi connectivity index (χ4n) is 3.29. The van der Waals surface area contributed by atoms with E-state index in [0.717, 1.165) is 27.8 Å². The standard InChI is InChI=1S/C22H21N5O2/c1-13(23)17-7-6-15(11-18(17)14-4-3-5-16(10-14)29-2)22(28)26-20-8-9-24-21-19(20)12-25-27-21/h3-13H,23H2,1-2H3,(H2,24,25,26,27,28). The highest BCUT2D eigenvalue weighted by atomic mass is 16.5. The molecule has 0 saturated heterocycles. The van der Waals surface area contributed by atoms with Gasteiger partial charge < -0.3 is 15.8 Å². The third-order valence-electron chi connectivity index (χ3n) is 4.79. The van der Waals surface area contributed by atoms with Crippen molar-refractivity contribution in [2.45, 2.75) is 13.0 Å². The Morgan fingerprint density at radius 3 is 2.86 bits per heavy atom. The van der Waals surface area contributed by atoms with E-state index in [0.29, 0.717) is 16.9 Å². The number of fused-ring (bicyclic) bond motifs is 1. The van der Waals surface area contributed by atoms with Crippen molar-refractivity contribution in [3.05, 3.63) is 72.1 Å². The summed E-state index contributed by atoms with van der Waals surface area (Å²) in [5, 5.41) is 10.5. The van der Waals surface area contributed by atoms with Crippen LogP contribution in [0.25, 0.3) is 22.2 Å². The molecule has 0 aliphatic rings. The molecule has 0 bridgehead atoms. The van der Waals surface area contributed by atoms with E-state index in [-0.39, 0.29) is 11.9 Å². The number of anilines is 1. The van der Waals surface area contributed by atoms with Crippen molar-refractivity contribution in [3.8, 4) is 16.9 Å².